The van der Waals surface area contributed by atoms with E-state index < -0.39 is 0 Å². The topological polar surface area (TPSA) is 12.0 Å². The smallest absolute Gasteiger partial charge is 0.0408 e. The molecule has 3 rings (SSSR count). The van der Waals surface area contributed by atoms with Crippen LogP contribution in [0, 0.1) is 0 Å². The predicted octanol–water partition coefficient (Wildman–Crippen LogP) is 4.29. The van der Waals surface area contributed by atoms with Crippen LogP contribution in [0.5, 0.6) is 0 Å². The fraction of sp³-hybridized carbons (Fsp3) is 0.200. The Morgan fingerprint density at radius 3 is 2.82 bits per heavy atom. The molecule has 1 aliphatic heterocycles. The zero-order valence-corrected chi connectivity index (χ0v) is 10.2. The van der Waals surface area contributed by atoms with Crippen LogP contribution in [0.25, 0.3) is 0 Å². The summed E-state index contributed by atoms with van der Waals surface area (Å²) < 4.78 is 0. The third-order valence-electron chi connectivity index (χ3n) is 3.34. The zero-order chi connectivity index (χ0) is 11.7. The van der Waals surface area contributed by atoms with E-state index in [1.165, 1.54) is 16.8 Å². The number of nitrogens with one attached hydrogen (secondary N) is 1. The molecule has 1 atom stereocenters. The number of hydrogen-bond donors (Lipinski definition) is 1. The highest BCUT2D eigenvalue weighted by Crippen LogP contribution is 2.36. The minimum absolute atomic E-state index is 0.464. The average molecular weight is 244 g/mol. The van der Waals surface area contributed by atoms with Crippen LogP contribution in [0.3, 0.4) is 0 Å². The Morgan fingerprint density at radius 2 is 1.94 bits per heavy atom. The maximum absolute atomic E-state index is 6.08. The van der Waals surface area contributed by atoms with E-state index in [4.69, 9.17) is 11.6 Å². The number of fused-ring (bicyclic) bond motifs is 1. The molecule has 0 radical (unpaired) electrons. The number of halogens is 1. The number of rotatable bonds is 1. The van der Waals surface area contributed by atoms with Crippen molar-refractivity contribution < 1.29 is 0 Å². The van der Waals surface area contributed by atoms with Gasteiger partial charge in [-0.2, -0.15) is 0 Å². The molecule has 1 unspecified atom stereocenters. The van der Waals surface area contributed by atoms with Gasteiger partial charge < -0.3 is 5.32 Å². The highest BCUT2D eigenvalue weighted by Gasteiger charge is 2.20. The van der Waals surface area contributed by atoms with E-state index in [1.54, 1.807) is 0 Å². The summed E-state index contributed by atoms with van der Waals surface area (Å²) in [5, 5.41) is 4.26. The van der Waals surface area contributed by atoms with Crippen molar-refractivity contribution in [2.75, 3.05) is 11.9 Å². The second kappa shape index (κ2) is 4.42. The summed E-state index contributed by atoms with van der Waals surface area (Å²) in [5.74, 6) is 0.464. The summed E-state index contributed by atoms with van der Waals surface area (Å²) in [6.07, 6.45) is 1.12. The second-order valence-corrected chi connectivity index (χ2v) is 4.85. The summed E-state index contributed by atoms with van der Waals surface area (Å²) in [6, 6.07) is 16.7. The van der Waals surface area contributed by atoms with E-state index in [9.17, 15) is 0 Å². The van der Waals surface area contributed by atoms with Crippen LogP contribution in [-0.2, 0) is 0 Å². The van der Waals surface area contributed by atoms with Crippen molar-refractivity contribution in [3.05, 3.63) is 64.7 Å². The van der Waals surface area contributed by atoms with Gasteiger partial charge in [-0.1, -0.05) is 41.9 Å². The van der Waals surface area contributed by atoms with Crippen LogP contribution in [0.4, 0.5) is 5.69 Å². The summed E-state index contributed by atoms with van der Waals surface area (Å²) in [5.41, 5.74) is 3.94. The van der Waals surface area contributed by atoms with E-state index in [-0.39, 0.29) is 0 Å². The van der Waals surface area contributed by atoms with E-state index >= 15 is 0 Å². The lowest BCUT2D eigenvalue weighted by molar-refractivity contribution is 0.720. The third-order valence-corrected chi connectivity index (χ3v) is 3.57. The molecule has 0 spiro atoms. The highest BCUT2D eigenvalue weighted by molar-refractivity contribution is 6.30. The van der Waals surface area contributed by atoms with Gasteiger partial charge in [0.2, 0.25) is 0 Å². The fourth-order valence-electron chi connectivity index (χ4n) is 2.54. The zero-order valence-electron chi connectivity index (χ0n) is 9.49. The Hall–Kier alpha value is -1.47. The molecule has 0 fully saturated rings. The van der Waals surface area contributed by atoms with Crippen molar-refractivity contribution >= 4 is 17.3 Å². The fourth-order valence-corrected chi connectivity index (χ4v) is 2.74. The summed E-state index contributed by atoms with van der Waals surface area (Å²) in [6.45, 7) is 1.02. The number of benzene rings is 2. The lowest BCUT2D eigenvalue weighted by Crippen LogP contribution is -2.17. The third kappa shape index (κ3) is 2.03. The maximum atomic E-state index is 6.08. The number of anilines is 1. The van der Waals surface area contributed by atoms with Crippen molar-refractivity contribution in [3.8, 4) is 0 Å². The first-order valence-corrected chi connectivity index (χ1v) is 6.30. The Balaban J connectivity index is 2.06. The number of hydrogen-bond acceptors (Lipinski definition) is 1. The molecule has 0 bridgehead atoms. The first-order chi connectivity index (χ1) is 8.34. The lowest BCUT2D eigenvalue weighted by Gasteiger charge is -2.27. The normalized spacial score (nSPS) is 18.3. The quantitative estimate of drug-likeness (QED) is 0.788. The average Bonchev–Trinajstić information content (AvgIpc) is 2.38. The number of para-hydroxylation sites is 1. The Bertz CT molecular complexity index is 536. The van der Waals surface area contributed by atoms with E-state index in [0.29, 0.717) is 5.92 Å². The molecule has 1 heterocycles. The maximum Gasteiger partial charge on any atom is 0.0408 e. The molecule has 2 heteroatoms. The van der Waals surface area contributed by atoms with Crippen LogP contribution < -0.4 is 5.32 Å². The Morgan fingerprint density at radius 1 is 1.06 bits per heavy atom. The monoisotopic (exact) mass is 243 g/mol. The molecule has 86 valence electrons. The van der Waals surface area contributed by atoms with E-state index in [2.05, 4.69) is 41.7 Å². The summed E-state index contributed by atoms with van der Waals surface area (Å²) in [4.78, 5) is 0. The van der Waals surface area contributed by atoms with Gasteiger partial charge in [0.1, 0.15) is 0 Å². The molecule has 1 N–H and O–H groups in total. The molecule has 2 aromatic rings. The van der Waals surface area contributed by atoms with Crippen molar-refractivity contribution in [2.24, 2.45) is 0 Å². The second-order valence-electron chi connectivity index (χ2n) is 4.41. The molecule has 0 saturated carbocycles. The van der Waals surface area contributed by atoms with Gasteiger partial charge in [0, 0.05) is 23.2 Å². The van der Waals surface area contributed by atoms with Crippen LogP contribution in [0.2, 0.25) is 5.02 Å². The van der Waals surface area contributed by atoms with Crippen molar-refractivity contribution in [1.82, 2.24) is 0 Å². The molecule has 2 aromatic carbocycles. The molecular formula is C15H14ClN. The molecule has 0 aromatic heterocycles. The summed E-state index contributed by atoms with van der Waals surface area (Å²) in [7, 11) is 0. The molecule has 0 saturated heterocycles. The van der Waals surface area contributed by atoms with Gasteiger partial charge in [0.25, 0.3) is 0 Å². The standard InChI is InChI=1S/C15H14ClN/c16-12-5-3-4-11(10-12)13-8-9-17-15-7-2-1-6-14(13)15/h1-7,10,13,17H,8-9H2. The van der Waals surface area contributed by atoms with Gasteiger partial charge in [-0.05, 0) is 35.7 Å². The van der Waals surface area contributed by atoms with Gasteiger partial charge in [-0.15, -0.1) is 0 Å². The van der Waals surface area contributed by atoms with Gasteiger partial charge in [-0.25, -0.2) is 0 Å². The first kappa shape index (κ1) is 10.7. The van der Waals surface area contributed by atoms with Crippen molar-refractivity contribution in [1.29, 1.82) is 0 Å². The first-order valence-electron chi connectivity index (χ1n) is 5.93. The van der Waals surface area contributed by atoms with Crippen LogP contribution in [0.15, 0.2) is 48.5 Å². The molecule has 1 aliphatic rings. The van der Waals surface area contributed by atoms with E-state index in [0.717, 1.165) is 18.0 Å². The molecule has 0 amide bonds. The van der Waals surface area contributed by atoms with E-state index in [1.807, 2.05) is 12.1 Å². The SMILES string of the molecule is Clc1cccc(C2CCNc3ccccc32)c1. The van der Waals surface area contributed by atoms with Crippen molar-refractivity contribution in [2.45, 2.75) is 12.3 Å². The largest absolute Gasteiger partial charge is 0.385 e. The lowest BCUT2D eigenvalue weighted by atomic mass is 9.85. The van der Waals surface area contributed by atoms with Gasteiger partial charge in [0.05, 0.1) is 0 Å². The summed E-state index contributed by atoms with van der Waals surface area (Å²) >= 11 is 6.08. The van der Waals surface area contributed by atoms with Crippen LogP contribution in [-0.4, -0.2) is 6.54 Å². The van der Waals surface area contributed by atoms with Gasteiger partial charge >= 0.3 is 0 Å². The predicted molar refractivity (Wildman–Crippen MR) is 72.8 cm³/mol. The van der Waals surface area contributed by atoms with Crippen LogP contribution >= 0.6 is 11.6 Å². The molecule has 0 aliphatic carbocycles. The molecule has 17 heavy (non-hydrogen) atoms. The Labute approximate surface area is 106 Å². The Kier molecular flexibility index (Phi) is 2.77. The molecular weight excluding hydrogens is 230 g/mol. The van der Waals surface area contributed by atoms with Gasteiger partial charge in [0.15, 0.2) is 0 Å². The van der Waals surface area contributed by atoms with Gasteiger partial charge in [-0.3, -0.25) is 0 Å². The minimum atomic E-state index is 0.464. The van der Waals surface area contributed by atoms with Crippen LogP contribution in [0.1, 0.15) is 23.5 Å². The highest BCUT2D eigenvalue weighted by atomic mass is 35.5. The molecule has 1 nitrogen and oxygen atoms in total. The van der Waals surface area contributed by atoms with Crippen molar-refractivity contribution in [3.63, 3.8) is 0 Å². The minimum Gasteiger partial charge on any atom is -0.385 e.